The Balaban J connectivity index is 1.61. The smallest absolute Gasteiger partial charge is 0.313 e. The first-order valence-electron chi connectivity index (χ1n) is 8.46. The SMILES string of the molecule is Nc1cc(C2=NN=C(SCC(=O)O)C2)cc(-c2ccc3ccccc3c2)c1. The van der Waals surface area contributed by atoms with Gasteiger partial charge in [-0.15, -0.1) is 5.10 Å². The lowest BCUT2D eigenvalue weighted by atomic mass is 9.97. The fourth-order valence-electron chi connectivity index (χ4n) is 3.07. The van der Waals surface area contributed by atoms with Gasteiger partial charge < -0.3 is 10.8 Å². The minimum Gasteiger partial charge on any atom is -0.481 e. The van der Waals surface area contributed by atoms with Crippen molar-refractivity contribution < 1.29 is 9.90 Å². The van der Waals surface area contributed by atoms with Crippen molar-refractivity contribution in [1.82, 2.24) is 0 Å². The minimum absolute atomic E-state index is 0.0130. The number of carboxylic acid groups (broad SMARTS) is 1. The summed E-state index contributed by atoms with van der Waals surface area (Å²) in [6.07, 6.45) is 0.526. The molecular weight excluding hydrogens is 358 g/mol. The number of hydrogen-bond donors (Lipinski definition) is 2. The fraction of sp³-hybridized carbons (Fsp3) is 0.0952. The van der Waals surface area contributed by atoms with Gasteiger partial charge in [-0.1, -0.05) is 48.2 Å². The van der Waals surface area contributed by atoms with Crippen LogP contribution in [-0.2, 0) is 4.79 Å². The van der Waals surface area contributed by atoms with Crippen LogP contribution in [0.1, 0.15) is 12.0 Å². The number of hydrogen-bond acceptors (Lipinski definition) is 5. The Bertz CT molecular complexity index is 1110. The van der Waals surface area contributed by atoms with E-state index in [9.17, 15) is 4.79 Å². The fourth-order valence-corrected chi connectivity index (χ4v) is 3.70. The van der Waals surface area contributed by atoms with Crippen molar-refractivity contribution in [2.75, 3.05) is 11.5 Å². The molecule has 0 bridgehead atoms. The van der Waals surface area contributed by atoms with Crippen molar-refractivity contribution in [1.29, 1.82) is 0 Å². The van der Waals surface area contributed by atoms with Gasteiger partial charge in [-0.05, 0) is 46.2 Å². The van der Waals surface area contributed by atoms with E-state index < -0.39 is 5.97 Å². The molecule has 0 spiro atoms. The highest BCUT2D eigenvalue weighted by Crippen LogP contribution is 2.29. The maximum Gasteiger partial charge on any atom is 0.313 e. The molecule has 27 heavy (non-hydrogen) atoms. The Hall–Kier alpha value is -3.12. The molecule has 0 radical (unpaired) electrons. The van der Waals surface area contributed by atoms with Crippen LogP contribution in [0, 0.1) is 0 Å². The molecule has 1 aliphatic rings. The molecule has 0 unspecified atom stereocenters. The van der Waals surface area contributed by atoms with Crippen molar-refractivity contribution >= 4 is 44.9 Å². The predicted octanol–water partition coefficient (Wildman–Crippen LogP) is 4.41. The van der Waals surface area contributed by atoms with Crippen LogP contribution in [0.3, 0.4) is 0 Å². The van der Waals surface area contributed by atoms with Crippen LogP contribution in [0.15, 0.2) is 70.9 Å². The number of carbonyl (C=O) groups is 1. The quantitative estimate of drug-likeness (QED) is 0.661. The highest BCUT2D eigenvalue weighted by Gasteiger charge is 2.17. The molecular formula is C21H17N3O2S. The number of anilines is 1. The topological polar surface area (TPSA) is 88.0 Å². The van der Waals surface area contributed by atoms with Gasteiger partial charge in [0.25, 0.3) is 0 Å². The number of nitrogens with zero attached hydrogens (tertiary/aromatic N) is 2. The molecule has 0 amide bonds. The standard InChI is InChI=1S/C21H17N3O2S/c22-18-9-16(15-6-5-13-3-1-2-4-14(13)7-15)8-17(10-18)19-11-20(24-23-19)27-12-21(25)26/h1-10H,11-12,22H2,(H,25,26). The lowest BCUT2D eigenvalue weighted by molar-refractivity contribution is -0.133. The summed E-state index contributed by atoms with van der Waals surface area (Å²) in [7, 11) is 0. The third-order valence-electron chi connectivity index (χ3n) is 4.33. The third-order valence-corrected chi connectivity index (χ3v) is 5.29. The van der Waals surface area contributed by atoms with E-state index in [4.69, 9.17) is 10.8 Å². The second kappa shape index (κ2) is 7.25. The van der Waals surface area contributed by atoms with Gasteiger partial charge in [0.2, 0.25) is 0 Å². The molecule has 134 valence electrons. The number of nitrogen functional groups attached to an aromatic ring is 1. The van der Waals surface area contributed by atoms with E-state index in [1.165, 1.54) is 22.5 Å². The summed E-state index contributed by atoms with van der Waals surface area (Å²) in [5.41, 5.74) is 10.6. The van der Waals surface area contributed by atoms with Crippen molar-refractivity contribution in [3.8, 4) is 11.1 Å². The Kier molecular flexibility index (Phi) is 4.64. The molecule has 0 saturated heterocycles. The van der Waals surface area contributed by atoms with Gasteiger partial charge in [-0.3, -0.25) is 4.79 Å². The monoisotopic (exact) mass is 375 g/mol. The summed E-state index contributed by atoms with van der Waals surface area (Å²) in [6, 6.07) is 20.4. The minimum atomic E-state index is -0.862. The summed E-state index contributed by atoms with van der Waals surface area (Å²) in [5, 5.41) is 20.2. The van der Waals surface area contributed by atoms with Crippen LogP contribution in [0.25, 0.3) is 21.9 Å². The first kappa shape index (κ1) is 17.3. The van der Waals surface area contributed by atoms with Crippen LogP contribution < -0.4 is 5.73 Å². The molecule has 3 aromatic rings. The number of aliphatic carboxylic acids is 1. The molecule has 3 aromatic carbocycles. The highest BCUT2D eigenvalue weighted by atomic mass is 32.2. The zero-order valence-electron chi connectivity index (χ0n) is 14.4. The Labute approximate surface area is 160 Å². The lowest BCUT2D eigenvalue weighted by Gasteiger charge is -2.09. The van der Waals surface area contributed by atoms with Crippen LogP contribution >= 0.6 is 11.8 Å². The van der Waals surface area contributed by atoms with Crippen molar-refractivity contribution in [2.24, 2.45) is 10.2 Å². The summed E-state index contributed by atoms with van der Waals surface area (Å²) < 4.78 is 0. The molecule has 0 aromatic heterocycles. The van der Waals surface area contributed by atoms with E-state index in [0.29, 0.717) is 17.2 Å². The van der Waals surface area contributed by atoms with Crippen LogP contribution in [0.4, 0.5) is 5.69 Å². The molecule has 0 atom stereocenters. The molecule has 5 nitrogen and oxygen atoms in total. The van der Waals surface area contributed by atoms with Gasteiger partial charge >= 0.3 is 5.97 Å². The zero-order chi connectivity index (χ0) is 18.8. The normalized spacial score (nSPS) is 13.5. The summed E-state index contributed by atoms with van der Waals surface area (Å²) in [6.45, 7) is 0. The van der Waals surface area contributed by atoms with Gasteiger partial charge in [0, 0.05) is 17.7 Å². The molecule has 1 heterocycles. The maximum atomic E-state index is 10.7. The molecule has 0 aliphatic carbocycles. The van der Waals surface area contributed by atoms with Gasteiger partial charge in [0.05, 0.1) is 11.5 Å². The first-order valence-corrected chi connectivity index (χ1v) is 9.45. The molecule has 0 saturated carbocycles. The van der Waals surface area contributed by atoms with E-state index in [1.807, 2.05) is 24.3 Å². The highest BCUT2D eigenvalue weighted by molar-refractivity contribution is 8.14. The van der Waals surface area contributed by atoms with Crippen LogP contribution in [0.2, 0.25) is 0 Å². The lowest BCUT2D eigenvalue weighted by Crippen LogP contribution is -2.06. The van der Waals surface area contributed by atoms with E-state index >= 15 is 0 Å². The number of thioether (sulfide) groups is 1. The second-order valence-electron chi connectivity index (χ2n) is 6.31. The first-order chi connectivity index (χ1) is 13.1. The van der Waals surface area contributed by atoms with Crippen LogP contribution in [0.5, 0.6) is 0 Å². The van der Waals surface area contributed by atoms with Crippen molar-refractivity contribution in [2.45, 2.75) is 6.42 Å². The van der Waals surface area contributed by atoms with E-state index in [1.54, 1.807) is 0 Å². The Morgan fingerprint density at radius 1 is 0.963 bits per heavy atom. The molecule has 3 N–H and O–H groups in total. The average molecular weight is 375 g/mol. The average Bonchev–Trinajstić information content (AvgIpc) is 3.15. The third kappa shape index (κ3) is 3.85. The largest absolute Gasteiger partial charge is 0.481 e. The molecule has 6 heteroatoms. The summed E-state index contributed by atoms with van der Waals surface area (Å²) >= 11 is 1.20. The number of rotatable bonds is 4. The number of benzene rings is 3. The second-order valence-corrected chi connectivity index (χ2v) is 7.35. The van der Waals surface area contributed by atoms with E-state index in [2.05, 4.69) is 46.6 Å². The Morgan fingerprint density at radius 3 is 2.56 bits per heavy atom. The van der Waals surface area contributed by atoms with Gasteiger partial charge in [0.1, 0.15) is 5.04 Å². The molecule has 4 rings (SSSR count). The predicted molar refractivity (Wildman–Crippen MR) is 112 cm³/mol. The number of fused-ring (bicyclic) bond motifs is 1. The van der Waals surface area contributed by atoms with E-state index in [-0.39, 0.29) is 5.75 Å². The molecule has 1 aliphatic heterocycles. The molecule has 0 fully saturated rings. The van der Waals surface area contributed by atoms with Crippen LogP contribution in [-0.4, -0.2) is 27.6 Å². The van der Waals surface area contributed by atoms with Gasteiger partial charge in [0.15, 0.2) is 0 Å². The summed E-state index contributed by atoms with van der Waals surface area (Å²) in [5.74, 6) is -0.875. The van der Waals surface area contributed by atoms with Gasteiger partial charge in [-0.2, -0.15) is 5.10 Å². The summed E-state index contributed by atoms with van der Waals surface area (Å²) in [4.78, 5) is 10.7. The Morgan fingerprint density at radius 2 is 1.74 bits per heavy atom. The van der Waals surface area contributed by atoms with E-state index in [0.717, 1.165) is 22.4 Å². The number of nitrogens with two attached hydrogens (primary N) is 1. The zero-order valence-corrected chi connectivity index (χ0v) is 15.2. The number of carboxylic acids is 1. The van der Waals surface area contributed by atoms with Gasteiger partial charge in [-0.25, -0.2) is 0 Å². The van der Waals surface area contributed by atoms with Crippen molar-refractivity contribution in [3.05, 3.63) is 66.2 Å². The van der Waals surface area contributed by atoms with Crippen molar-refractivity contribution in [3.63, 3.8) is 0 Å². The maximum absolute atomic E-state index is 10.7.